The highest BCUT2D eigenvalue weighted by Gasteiger charge is 2.18. The van der Waals surface area contributed by atoms with Gasteiger partial charge in [-0.2, -0.15) is 0 Å². The molecule has 0 aliphatic carbocycles. The van der Waals surface area contributed by atoms with Gasteiger partial charge in [0.25, 0.3) is 5.91 Å². The number of rotatable bonds is 8. The van der Waals surface area contributed by atoms with Gasteiger partial charge >= 0.3 is 5.69 Å². The topological polar surface area (TPSA) is 98.1 Å². The van der Waals surface area contributed by atoms with E-state index in [0.29, 0.717) is 23.7 Å². The zero-order valence-corrected chi connectivity index (χ0v) is 13.5. The Morgan fingerprint density at radius 1 is 1.45 bits per heavy atom. The maximum atomic E-state index is 11.9. The van der Waals surface area contributed by atoms with Crippen LogP contribution in [0.4, 0.5) is 11.4 Å². The maximum Gasteiger partial charge on any atom is 0.311 e. The normalized spacial score (nSPS) is 10.6. The number of methoxy groups -OCH3 is 1. The highest BCUT2D eigenvalue weighted by Crippen LogP contribution is 2.32. The van der Waals surface area contributed by atoms with Crippen LogP contribution in [0.2, 0.25) is 0 Å². The first-order valence-corrected chi connectivity index (χ1v) is 7.29. The van der Waals surface area contributed by atoms with E-state index in [4.69, 9.17) is 4.74 Å². The molecule has 0 aromatic heterocycles. The van der Waals surface area contributed by atoms with Crippen molar-refractivity contribution in [2.45, 2.75) is 27.2 Å². The quantitative estimate of drug-likeness (QED) is 0.431. The van der Waals surface area contributed by atoms with Gasteiger partial charge in [0.05, 0.1) is 18.6 Å². The molecule has 3 N–H and O–H groups in total. The average Bonchev–Trinajstić information content (AvgIpc) is 2.45. The molecule has 0 aliphatic heterocycles. The van der Waals surface area contributed by atoms with Crippen molar-refractivity contribution in [2.75, 3.05) is 25.5 Å². The Bertz CT molecular complexity index is 544. The van der Waals surface area contributed by atoms with E-state index in [1.807, 2.05) is 5.32 Å². The number of benzene rings is 1. The molecular formula is C15H24N3O4+. The summed E-state index contributed by atoms with van der Waals surface area (Å²) in [5.41, 5.74) is 1.05. The molecule has 0 atom stereocenters. The molecule has 1 rings (SSSR count). The lowest BCUT2D eigenvalue weighted by molar-refractivity contribution is -0.644. The molecule has 1 aromatic rings. The molecule has 0 radical (unpaired) electrons. The third-order valence-corrected chi connectivity index (χ3v) is 3.27. The largest absolute Gasteiger partial charge is 0.490 e. The number of nitrogens with one attached hydrogen (secondary N) is 1. The predicted octanol–water partition coefficient (Wildman–Crippen LogP) is 1.46. The number of hydrogen-bond acceptors (Lipinski definition) is 4. The van der Waals surface area contributed by atoms with Crippen LogP contribution in [-0.4, -0.2) is 31.0 Å². The fraction of sp³-hybridized carbons (Fsp3) is 0.533. The highest BCUT2D eigenvalue weighted by atomic mass is 16.6. The highest BCUT2D eigenvalue weighted by molar-refractivity contribution is 5.92. The van der Waals surface area contributed by atoms with Gasteiger partial charge in [0, 0.05) is 17.8 Å². The van der Waals surface area contributed by atoms with Crippen LogP contribution < -0.4 is 15.4 Å². The van der Waals surface area contributed by atoms with Crippen molar-refractivity contribution in [2.24, 2.45) is 5.92 Å². The van der Waals surface area contributed by atoms with Crippen LogP contribution >= 0.6 is 0 Å². The number of nitro benzene ring substituents is 1. The van der Waals surface area contributed by atoms with Crippen LogP contribution in [0.25, 0.3) is 0 Å². The summed E-state index contributed by atoms with van der Waals surface area (Å²) in [6.45, 7) is 7.21. The summed E-state index contributed by atoms with van der Waals surface area (Å²) in [7, 11) is 1.36. The minimum absolute atomic E-state index is 0.110. The van der Waals surface area contributed by atoms with Crippen LogP contribution in [0.15, 0.2) is 12.1 Å². The van der Waals surface area contributed by atoms with E-state index in [-0.39, 0.29) is 17.3 Å². The van der Waals surface area contributed by atoms with E-state index in [1.165, 1.54) is 19.2 Å². The van der Waals surface area contributed by atoms with Crippen molar-refractivity contribution >= 4 is 17.3 Å². The van der Waals surface area contributed by atoms with Gasteiger partial charge in [-0.05, 0) is 24.8 Å². The Balaban J connectivity index is 2.69. The second-order valence-corrected chi connectivity index (χ2v) is 5.61. The number of anilines is 1. The molecule has 0 saturated carbocycles. The van der Waals surface area contributed by atoms with Crippen LogP contribution in [0.5, 0.6) is 5.75 Å². The maximum absolute atomic E-state index is 11.9. The van der Waals surface area contributed by atoms with Gasteiger partial charge in [-0.3, -0.25) is 14.9 Å². The second kappa shape index (κ2) is 8.33. The molecule has 7 heteroatoms. The predicted molar refractivity (Wildman–Crippen MR) is 84.1 cm³/mol. The first-order valence-electron chi connectivity index (χ1n) is 7.29. The molecule has 0 aliphatic rings. The zero-order chi connectivity index (χ0) is 16.7. The first kappa shape index (κ1) is 17.9. The minimum atomic E-state index is -0.503. The summed E-state index contributed by atoms with van der Waals surface area (Å²) < 4.78 is 5.01. The lowest BCUT2D eigenvalue weighted by Crippen LogP contribution is -2.86. The Morgan fingerprint density at radius 2 is 2.14 bits per heavy atom. The van der Waals surface area contributed by atoms with E-state index in [2.05, 4.69) is 19.2 Å². The fourth-order valence-electron chi connectivity index (χ4n) is 2.00. The van der Waals surface area contributed by atoms with Gasteiger partial charge in [-0.15, -0.1) is 0 Å². The van der Waals surface area contributed by atoms with Crippen molar-refractivity contribution in [1.29, 1.82) is 0 Å². The molecular weight excluding hydrogens is 286 g/mol. The van der Waals surface area contributed by atoms with Gasteiger partial charge in [0.15, 0.2) is 12.3 Å². The SMILES string of the molecule is COc1cc(NC(=O)C[NH2+]CCC(C)C)c(C)cc1[N+](=O)[O-]. The van der Waals surface area contributed by atoms with Crippen LogP contribution in [0.1, 0.15) is 25.8 Å². The zero-order valence-electron chi connectivity index (χ0n) is 13.5. The number of quaternary nitrogens is 1. The smallest absolute Gasteiger partial charge is 0.311 e. The number of ether oxygens (including phenoxy) is 1. The minimum Gasteiger partial charge on any atom is -0.490 e. The molecule has 0 heterocycles. The van der Waals surface area contributed by atoms with Crippen LogP contribution in [0.3, 0.4) is 0 Å². The van der Waals surface area contributed by atoms with Gasteiger partial charge in [0.2, 0.25) is 0 Å². The average molecular weight is 310 g/mol. The monoisotopic (exact) mass is 310 g/mol. The molecule has 0 spiro atoms. The molecule has 0 unspecified atom stereocenters. The Kier molecular flexibility index (Phi) is 6.78. The Hall–Kier alpha value is -2.15. The van der Waals surface area contributed by atoms with E-state index in [0.717, 1.165) is 13.0 Å². The van der Waals surface area contributed by atoms with E-state index in [9.17, 15) is 14.9 Å². The second-order valence-electron chi connectivity index (χ2n) is 5.61. The number of nitrogens with two attached hydrogens (primary N) is 1. The number of amides is 1. The van der Waals surface area contributed by atoms with Crippen LogP contribution in [-0.2, 0) is 4.79 Å². The summed E-state index contributed by atoms with van der Waals surface area (Å²) >= 11 is 0. The van der Waals surface area contributed by atoms with Crippen molar-refractivity contribution in [3.63, 3.8) is 0 Å². The third-order valence-electron chi connectivity index (χ3n) is 3.27. The third kappa shape index (κ3) is 5.33. The molecule has 22 heavy (non-hydrogen) atoms. The lowest BCUT2D eigenvalue weighted by Gasteiger charge is -2.10. The van der Waals surface area contributed by atoms with E-state index >= 15 is 0 Å². The van der Waals surface area contributed by atoms with Crippen molar-refractivity contribution in [3.05, 3.63) is 27.8 Å². The van der Waals surface area contributed by atoms with Gasteiger partial charge in [0.1, 0.15) is 0 Å². The van der Waals surface area contributed by atoms with Gasteiger partial charge < -0.3 is 15.4 Å². The summed E-state index contributed by atoms with van der Waals surface area (Å²) in [6.07, 6.45) is 1.05. The molecule has 0 saturated heterocycles. The Labute approximate surface area is 130 Å². The van der Waals surface area contributed by atoms with Crippen molar-refractivity contribution in [3.8, 4) is 5.75 Å². The first-order chi connectivity index (χ1) is 10.3. The molecule has 0 fully saturated rings. The summed E-state index contributed by atoms with van der Waals surface area (Å²) in [6, 6.07) is 2.89. The number of carbonyl (C=O) groups excluding carboxylic acids is 1. The lowest BCUT2D eigenvalue weighted by atomic mass is 10.1. The van der Waals surface area contributed by atoms with Crippen LogP contribution in [0, 0.1) is 23.0 Å². The Morgan fingerprint density at radius 3 is 2.68 bits per heavy atom. The number of nitrogens with zero attached hydrogens (tertiary/aromatic N) is 1. The summed E-state index contributed by atoms with van der Waals surface area (Å²) in [4.78, 5) is 22.3. The standard InChI is InChI=1S/C15H23N3O4/c1-10(2)5-6-16-9-15(19)17-12-8-14(22-4)13(18(20)21)7-11(12)3/h7-8,10,16H,5-6,9H2,1-4H3,(H,17,19)/p+1. The number of nitro groups is 1. The molecule has 1 aromatic carbocycles. The van der Waals surface area contributed by atoms with E-state index < -0.39 is 4.92 Å². The molecule has 122 valence electrons. The number of hydrogen-bond donors (Lipinski definition) is 2. The summed E-state index contributed by atoms with van der Waals surface area (Å²) in [5, 5.41) is 15.6. The number of aryl methyl sites for hydroxylation is 1. The van der Waals surface area contributed by atoms with Gasteiger partial charge in [-0.1, -0.05) is 13.8 Å². The molecule has 7 nitrogen and oxygen atoms in total. The molecule has 0 bridgehead atoms. The van der Waals surface area contributed by atoms with E-state index in [1.54, 1.807) is 6.92 Å². The van der Waals surface area contributed by atoms with Gasteiger partial charge in [-0.25, -0.2) is 0 Å². The van der Waals surface area contributed by atoms with Crippen molar-refractivity contribution < 1.29 is 19.8 Å². The summed E-state index contributed by atoms with van der Waals surface area (Å²) in [5.74, 6) is 0.609. The van der Waals surface area contributed by atoms with Crippen molar-refractivity contribution in [1.82, 2.24) is 0 Å². The fourth-order valence-corrected chi connectivity index (χ4v) is 2.00. The molecule has 1 amide bonds. The number of carbonyl (C=O) groups is 1.